The van der Waals surface area contributed by atoms with Crippen molar-refractivity contribution in [3.8, 4) is 5.75 Å². The van der Waals surface area contributed by atoms with Gasteiger partial charge in [0, 0.05) is 19.7 Å². The van der Waals surface area contributed by atoms with E-state index in [1.54, 1.807) is 23.1 Å². The molecule has 2 aromatic carbocycles. The van der Waals surface area contributed by atoms with Crippen LogP contribution in [-0.2, 0) is 17.7 Å². The SMILES string of the molecule is CCOCCOc1c(Cl)cccc1NC(=O)N1CCc2ccccc2C1. The fourth-order valence-electron chi connectivity index (χ4n) is 2.96. The minimum Gasteiger partial charge on any atom is -0.487 e. The number of carbonyl (C=O) groups excluding carboxylic acids is 1. The molecule has 1 aliphatic rings. The minimum atomic E-state index is -0.156. The molecule has 5 nitrogen and oxygen atoms in total. The number of anilines is 1. The summed E-state index contributed by atoms with van der Waals surface area (Å²) in [6.45, 7) is 4.69. The van der Waals surface area contributed by atoms with Gasteiger partial charge < -0.3 is 19.7 Å². The number of fused-ring (bicyclic) bond motifs is 1. The van der Waals surface area contributed by atoms with E-state index >= 15 is 0 Å². The van der Waals surface area contributed by atoms with Gasteiger partial charge in [0.05, 0.1) is 17.3 Å². The molecule has 2 amide bonds. The first-order chi connectivity index (χ1) is 12.7. The normalized spacial score (nSPS) is 13.2. The first kappa shape index (κ1) is 18.5. The Hall–Kier alpha value is -2.24. The van der Waals surface area contributed by atoms with Gasteiger partial charge in [-0.2, -0.15) is 0 Å². The van der Waals surface area contributed by atoms with Crippen molar-refractivity contribution in [1.82, 2.24) is 4.90 Å². The standard InChI is InChI=1S/C20H23ClN2O3/c1-2-25-12-13-26-19-17(21)8-5-9-18(19)22-20(24)23-11-10-15-6-3-4-7-16(15)14-23/h3-9H,2,10-14H2,1H3,(H,22,24). The number of urea groups is 1. The molecule has 2 aromatic rings. The van der Waals surface area contributed by atoms with E-state index in [1.807, 2.05) is 19.1 Å². The zero-order chi connectivity index (χ0) is 18.4. The van der Waals surface area contributed by atoms with E-state index in [9.17, 15) is 4.79 Å². The Labute approximate surface area is 158 Å². The number of halogens is 1. The summed E-state index contributed by atoms with van der Waals surface area (Å²) in [7, 11) is 0. The predicted molar refractivity (Wildman–Crippen MR) is 103 cm³/mol. The van der Waals surface area contributed by atoms with Crippen molar-refractivity contribution >= 4 is 23.3 Å². The molecule has 1 heterocycles. The van der Waals surface area contributed by atoms with Crippen molar-refractivity contribution in [2.24, 2.45) is 0 Å². The number of nitrogens with zero attached hydrogens (tertiary/aromatic N) is 1. The summed E-state index contributed by atoms with van der Waals surface area (Å²) in [4.78, 5) is 14.5. The van der Waals surface area contributed by atoms with Crippen LogP contribution in [0, 0.1) is 0 Å². The van der Waals surface area contributed by atoms with Gasteiger partial charge in [-0.25, -0.2) is 4.79 Å². The molecular formula is C20H23ClN2O3. The van der Waals surface area contributed by atoms with Gasteiger partial charge in [-0.1, -0.05) is 41.9 Å². The van der Waals surface area contributed by atoms with E-state index in [0.29, 0.717) is 49.4 Å². The molecule has 0 atom stereocenters. The Morgan fingerprint density at radius 3 is 2.77 bits per heavy atom. The van der Waals surface area contributed by atoms with Crippen molar-refractivity contribution in [1.29, 1.82) is 0 Å². The third kappa shape index (κ3) is 4.48. The third-order valence-corrected chi connectivity index (χ3v) is 4.60. The second-order valence-electron chi connectivity index (χ2n) is 6.03. The molecule has 26 heavy (non-hydrogen) atoms. The van der Waals surface area contributed by atoms with Gasteiger partial charge in [0.2, 0.25) is 0 Å². The van der Waals surface area contributed by atoms with E-state index < -0.39 is 0 Å². The Bertz CT molecular complexity index is 766. The molecule has 0 bridgehead atoms. The van der Waals surface area contributed by atoms with Gasteiger partial charge in [-0.3, -0.25) is 0 Å². The zero-order valence-corrected chi connectivity index (χ0v) is 15.6. The van der Waals surface area contributed by atoms with Crippen molar-refractivity contribution < 1.29 is 14.3 Å². The van der Waals surface area contributed by atoms with E-state index in [4.69, 9.17) is 21.1 Å². The summed E-state index contributed by atoms with van der Waals surface area (Å²) in [5.41, 5.74) is 3.06. The van der Waals surface area contributed by atoms with Gasteiger partial charge in [-0.05, 0) is 36.6 Å². The molecular weight excluding hydrogens is 352 g/mol. The molecule has 0 saturated carbocycles. The van der Waals surface area contributed by atoms with Crippen LogP contribution in [0.1, 0.15) is 18.1 Å². The number of carbonyl (C=O) groups is 1. The lowest BCUT2D eigenvalue weighted by Crippen LogP contribution is -2.38. The number of para-hydroxylation sites is 1. The first-order valence-electron chi connectivity index (χ1n) is 8.80. The van der Waals surface area contributed by atoms with Gasteiger partial charge >= 0.3 is 6.03 Å². The van der Waals surface area contributed by atoms with E-state index in [-0.39, 0.29) is 6.03 Å². The van der Waals surface area contributed by atoms with Crippen LogP contribution in [0.5, 0.6) is 5.75 Å². The van der Waals surface area contributed by atoms with E-state index in [0.717, 1.165) is 6.42 Å². The average Bonchev–Trinajstić information content (AvgIpc) is 2.66. The number of hydrogen-bond acceptors (Lipinski definition) is 3. The van der Waals surface area contributed by atoms with Crippen LogP contribution in [0.2, 0.25) is 5.02 Å². The van der Waals surface area contributed by atoms with Crippen LogP contribution in [0.3, 0.4) is 0 Å². The summed E-state index contributed by atoms with van der Waals surface area (Å²) in [5, 5.41) is 3.39. The second kappa shape index (κ2) is 8.92. The highest BCUT2D eigenvalue weighted by atomic mass is 35.5. The van der Waals surface area contributed by atoms with Crippen LogP contribution in [0.4, 0.5) is 10.5 Å². The lowest BCUT2D eigenvalue weighted by molar-refractivity contribution is 0.110. The number of nitrogens with one attached hydrogen (secondary N) is 1. The smallest absolute Gasteiger partial charge is 0.322 e. The Morgan fingerprint density at radius 2 is 1.96 bits per heavy atom. The van der Waals surface area contributed by atoms with Gasteiger partial charge in [0.25, 0.3) is 0 Å². The Balaban J connectivity index is 1.67. The average molecular weight is 375 g/mol. The van der Waals surface area contributed by atoms with Crippen LogP contribution in [0.25, 0.3) is 0 Å². The highest BCUT2D eigenvalue weighted by molar-refractivity contribution is 6.32. The van der Waals surface area contributed by atoms with Crippen molar-refractivity contribution in [2.75, 3.05) is 31.7 Å². The number of amides is 2. The first-order valence-corrected chi connectivity index (χ1v) is 9.18. The molecule has 0 aromatic heterocycles. The van der Waals surface area contributed by atoms with Crippen LogP contribution in [-0.4, -0.2) is 37.3 Å². The van der Waals surface area contributed by atoms with Crippen molar-refractivity contribution in [2.45, 2.75) is 19.9 Å². The summed E-state index contributed by atoms with van der Waals surface area (Å²) in [6.07, 6.45) is 0.858. The fraction of sp³-hybridized carbons (Fsp3) is 0.350. The van der Waals surface area contributed by atoms with Crippen molar-refractivity contribution in [3.05, 3.63) is 58.6 Å². The van der Waals surface area contributed by atoms with E-state index in [2.05, 4.69) is 17.4 Å². The van der Waals surface area contributed by atoms with Crippen molar-refractivity contribution in [3.63, 3.8) is 0 Å². The third-order valence-electron chi connectivity index (χ3n) is 4.30. The highest BCUT2D eigenvalue weighted by Gasteiger charge is 2.21. The highest BCUT2D eigenvalue weighted by Crippen LogP contribution is 2.33. The number of rotatable bonds is 6. The summed E-state index contributed by atoms with van der Waals surface area (Å²) >= 11 is 6.25. The number of benzene rings is 2. The van der Waals surface area contributed by atoms with Crippen LogP contribution in [0.15, 0.2) is 42.5 Å². The maximum Gasteiger partial charge on any atom is 0.322 e. The predicted octanol–water partition coefficient (Wildman–Crippen LogP) is 4.35. The van der Waals surface area contributed by atoms with Gasteiger partial charge in [0.1, 0.15) is 6.61 Å². The molecule has 138 valence electrons. The molecule has 0 unspecified atom stereocenters. The van der Waals surface area contributed by atoms with Gasteiger partial charge in [0.15, 0.2) is 5.75 Å². The van der Waals surface area contributed by atoms with Gasteiger partial charge in [-0.15, -0.1) is 0 Å². The summed E-state index contributed by atoms with van der Waals surface area (Å²) in [6, 6.07) is 13.4. The molecule has 1 N–H and O–H groups in total. The largest absolute Gasteiger partial charge is 0.487 e. The summed E-state index contributed by atoms with van der Waals surface area (Å²) in [5.74, 6) is 0.472. The summed E-state index contributed by atoms with van der Waals surface area (Å²) < 4.78 is 11.0. The molecule has 0 radical (unpaired) electrons. The molecule has 6 heteroatoms. The second-order valence-corrected chi connectivity index (χ2v) is 6.44. The minimum absolute atomic E-state index is 0.156. The Morgan fingerprint density at radius 1 is 1.15 bits per heavy atom. The lowest BCUT2D eigenvalue weighted by Gasteiger charge is -2.29. The quantitative estimate of drug-likeness (QED) is 0.765. The molecule has 0 fully saturated rings. The maximum atomic E-state index is 12.7. The maximum absolute atomic E-state index is 12.7. The molecule has 1 aliphatic heterocycles. The number of ether oxygens (including phenoxy) is 2. The molecule has 0 aliphatic carbocycles. The fourth-order valence-corrected chi connectivity index (χ4v) is 3.19. The lowest BCUT2D eigenvalue weighted by atomic mass is 10.0. The Kier molecular flexibility index (Phi) is 6.36. The molecule has 0 saturated heterocycles. The number of hydrogen-bond donors (Lipinski definition) is 1. The van der Waals surface area contributed by atoms with Crippen LogP contribution >= 0.6 is 11.6 Å². The zero-order valence-electron chi connectivity index (χ0n) is 14.8. The van der Waals surface area contributed by atoms with Crippen LogP contribution < -0.4 is 10.1 Å². The molecule has 0 spiro atoms. The topological polar surface area (TPSA) is 50.8 Å². The molecule has 3 rings (SSSR count). The van der Waals surface area contributed by atoms with E-state index in [1.165, 1.54) is 11.1 Å². The monoisotopic (exact) mass is 374 g/mol.